The lowest BCUT2D eigenvalue weighted by Crippen LogP contribution is -1.90. The summed E-state index contributed by atoms with van der Waals surface area (Å²) in [5, 5.41) is 3.00. The molecule has 0 fully saturated rings. The average Bonchev–Trinajstić information content (AvgIpc) is 2.56. The summed E-state index contributed by atoms with van der Waals surface area (Å²) >= 11 is 0. The quantitative estimate of drug-likeness (QED) is 0.721. The Morgan fingerprint density at radius 2 is 0.870 bits per heavy atom. The number of hydrogen-bond donors (Lipinski definition) is 1. The van der Waals surface area contributed by atoms with Gasteiger partial charge in [0.25, 0.3) is 0 Å². The minimum absolute atomic E-state index is 1.67. The SMILES string of the molecule is C1=CC=CN=CC=CN\C=C/C=C\C=C/N=C\C=C/N=CC=C1. The molecule has 0 amide bonds. The van der Waals surface area contributed by atoms with E-state index in [0.29, 0.717) is 0 Å². The van der Waals surface area contributed by atoms with E-state index in [0.717, 1.165) is 0 Å². The Morgan fingerprint density at radius 3 is 1.65 bits per heavy atom. The number of nitrogens with zero attached hydrogens (tertiary/aromatic N) is 3. The van der Waals surface area contributed by atoms with Crippen molar-refractivity contribution < 1.29 is 0 Å². The van der Waals surface area contributed by atoms with Crippen molar-refractivity contribution in [1.82, 2.24) is 5.32 Å². The fraction of sp³-hybridized carbons (Fsp3) is 0. The summed E-state index contributed by atoms with van der Waals surface area (Å²) < 4.78 is 0. The number of allylic oxidation sites excluding steroid dienone is 11. The first kappa shape index (κ1) is 17.8. The van der Waals surface area contributed by atoms with Gasteiger partial charge in [-0.15, -0.1) is 0 Å². The van der Waals surface area contributed by atoms with Crippen molar-refractivity contribution >= 4 is 18.6 Å². The maximum Gasteiger partial charge on any atom is 0.0283 e. The fourth-order valence-corrected chi connectivity index (χ4v) is 1.22. The standard InChI is InChI=1S/C19H20N4/c1-2-6-12-20-16-10-18-22-14-8-4-5-9-15-23-19-11-17-21-13-7-3-1/h1-19,22H/b2-1?,5-4-,7-3?,12-6?,14-8-,15-9-,17-11-,18-10?,20-16?,21-13?,23-19-. The second-order valence-electron chi connectivity index (χ2n) is 3.96. The van der Waals surface area contributed by atoms with Gasteiger partial charge in [-0.1, -0.05) is 30.4 Å². The molecule has 0 bridgehead atoms. The number of nitrogens with one attached hydrogen (secondary N) is 1. The molecule has 0 atom stereocenters. The van der Waals surface area contributed by atoms with E-state index in [1.807, 2.05) is 67.0 Å². The smallest absolute Gasteiger partial charge is 0.0283 e. The van der Waals surface area contributed by atoms with Crippen LogP contribution in [-0.4, -0.2) is 18.6 Å². The van der Waals surface area contributed by atoms with E-state index < -0.39 is 0 Å². The van der Waals surface area contributed by atoms with Gasteiger partial charge in [0.1, 0.15) is 0 Å². The van der Waals surface area contributed by atoms with Gasteiger partial charge in [0.05, 0.1) is 0 Å². The highest BCUT2D eigenvalue weighted by Crippen LogP contribution is 1.83. The van der Waals surface area contributed by atoms with Crippen molar-refractivity contribution in [3.05, 3.63) is 97.8 Å². The molecule has 23 heavy (non-hydrogen) atoms. The van der Waals surface area contributed by atoms with Crippen LogP contribution in [0, 0.1) is 0 Å². The van der Waals surface area contributed by atoms with Crippen LogP contribution < -0.4 is 5.32 Å². The molecule has 1 N–H and O–H groups in total. The molecule has 4 heteroatoms. The molecule has 1 rings (SSSR count). The van der Waals surface area contributed by atoms with Crippen molar-refractivity contribution in [3.63, 3.8) is 0 Å². The second-order valence-corrected chi connectivity index (χ2v) is 3.96. The molecule has 0 radical (unpaired) electrons. The summed E-state index contributed by atoms with van der Waals surface area (Å²) in [4.78, 5) is 12.2. The lowest BCUT2D eigenvalue weighted by Gasteiger charge is -1.84. The first-order valence-corrected chi connectivity index (χ1v) is 7.13. The van der Waals surface area contributed by atoms with Gasteiger partial charge in [0.2, 0.25) is 0 Å². The van der Waals surface area contributed by atoms with Crippen LogP contribution in [0.4, 0.5) is 0 Å². The Kier molecular flexibility index (Phi) is 11.7. The molecule has 0 aromatic heterocycles. The van der Waals surface area contributed by atoms with Crippen LogP contribution in [0.5, 0.6) is 0 Å². The van der Waals surface area contributed by atoms with E-state index in [4.69, 9.17) is 0 Å². The Bertz CT molecular complexity index is 568. The summed E-state index contributed by atoms with van der Waals surface area (Å²) in [5.41, 5.74) is 0. The molecule has 0 spiro atoms. The number of rotatable bonds is 0. The van der Waals surface area contributed by atoms with Crippen LogP contribution in [0.2, 0.25) is 0 Å². The summed E-state index contributed by atoms with van der Waals surface area (Å²) in [6.45, 7) is 0. The molecule has 1 aliphatic heterocycles. The van der Waals surface area contributed by atoms with E-state index in [-0.39, 0.29) is 0 Å². The van der Waals surface area contributed by atoms with Crippen LogP contribution in [0.15, 0.2) is 113 Å². The summed E-state index contributed by atoms with van der Waals surface area (Å²) in [5.74, 6) is 0. The van der Waals surface area contributed by atoms with Crippen molar-refractivity contribution in [2.24, 2.45) is 15.0 Å². The largest absolute Gasteiger partial charge is 0.368 e. The second kappa shape index (κ2) is 15.1. The molecular weight excluding hydrogens is 284 g/mol. The highest BCUT2D eigenvalue weighted by Gasteiger charge is 1.68. The van der Waals surface area contributed by atoms with Gasteiger partial charge in [-0.25, -0.2) is 0 Å². The van der Waals surface area contributed by atoms with Crippen LogP contribution >= 0.6 is 0 Å². The van der Waals surface area contributed by atoms with Gasteiger partial charge >= 0.3 is 0 Å². The first-order chi connectivity index (χ1) is 11.5. The van der Waals surface area contributed by atoms with Gasteiger partial charge in [0.15, 0.2) is 0 Å². The molecule has 0 unspecified atom stereocenters. The van der Waals surface area contributed by atoms with Crippen molar-refractivity contribution in [1.29, 1.82) is 0 Å². The normalized spacial score (nSPS) is 23.0. The molecule has 0 saturated carbocycles. The molecule has 116 valence electrons. The Hall–Kier alpha value is -3.27. The van der Waals surface area contributed by atoms with Crippen LogP contribution in [0.1, 0.15) is 0 Å². The van der Waals surface area contributed by atoms with Crippen LogP contribution in [0.25, 0.3) is 0 Å². The fourth-order valence-electron chi connectivity index (χ4n) is 1.22. The van der Waals surface area contributed by atoms with Gasteiger partial charge in [-0.2, -0.15) is 0 Å². The molecule has 0 aliphatic carbocycles. The van der Waals surface area contributed by atoms with Crippen molar-refractivity contribution in [2.45, 2.75) is 0 Å². The maximum atomic E-state index is 4.09. The van der Waals surface area contributed by atoms with E-state index in [1.54, 1.807) is 49.5 Å². The minimum atomic E-state index is 1.67. The van der Waals surface area contributed by atoms with Crippen LogP contribution in [0.3, 0.4) is 0 Å². The molecule has 1 aliphatic rings. The van der Waals surface area contributed by atoms with Gasteiger partial charge in [-0.05, 0) is 36.5 Å². The molecule has 1 heterocycles. The third-order valence-electron chi connectivity index (χ3n) is 2.20. The lowest BCUT2D eigenvalue weighted by atomic mass is 10.4. The summed E-state index contributed by atoms with van der Waals surface area (Å²) in [6, 6.07) is 0. The zero-order chi connectivity index (χ0) is 16.3. The van der Waals surface area contributed by atoms with E-state index in [2.05, 4.69) is 20.3 Å². The third kappa shape index (κ3) is 13.5. The summed E-state index contributed by atoms with van der Waals surface area (Å²) in [7, 11) is 0. The van der Waals surface area contributed by atoms with Crippen LogP contribution in [-0.2, 0) is 0 Å². The van der Waals surface area contributed by atoms with Crippen molar-refractivity contribution in [3.8, 4) is 0 Å². The maximum absolute atomic E-state index is 4.09. The Morgan fingerprint density at radius 1 is 0.391 bits per heavy atom. The predicted molar refractivity (Wildman–Crippen MR) is 102 cm³/mol. The number of aliphatic imine (C=N–C) groups is 3. The van der Waals surface area contributed by atoms with E-state index in [9.17, 15) is 0 Å². The highest BCUT2D eigenvalue weighted by atomic mass is 14.8. The Labute approximate surface area is 137 Å². The average molecular weight is 304 g/mol. The van der Waals surface area contributed by atoms with Crippen molar-refractivity contribution in [2.75, 3.05) is 0 Å². The zero-order valence-electron chi connectivity index (χ0n) is 12.8. The third-order valence-corrected chi connectivity index (χ3v) is 2.20. The van der Waals surface area contributed by atoms with E-state index >= 15 is 0 Å². The monoisotopic (exact) mass is 304 g/mol. The molecule has 0 aromatic carbocycles. The first-order valence-electron chi connectivity index (χ1n) is 7.13. The molecule has 0 saturated heterocycles. The van der Waals surface area contributed by atoms with Gasteiger partial charge in [-0.3, -0.25) is 15.0 Å². The van der Waals surface area contributed by atoms with Gasteiger partial charge < -0.3 is 5.32 Å². The minimum Gasteiger partial charge on any atom is -0.368 e. The lowest BCUT2D eigenvalue weighted by molar-refractivity contribution is 1.20. The molecule has 4 nitrogen and oxygen atoms in total. The Balaban J connectivity index is 2.63. The molecular formula is C19H20N4. The summed E-state index contributed by atoms with van der Waals surface area (Å²) in [6.07, 6.45) is 34.3. The molecule has 0 aromatic rings. The number of hydrogen-bond acceptors (Lipinski definition) is 4. The zero-order valence-corrected chi connectivity index (χ0v) is 12.8. The highest BCUT2D eigenvalue weighted by molar-refractivity contribution is 5.74. The van der Waals surface area contributed by atoms with Gasteiger partial charge in [0, 0.05) is 49.6 Å². The topological polar surface area (TPSA) is 49.1 Å². The predicted octanol–water partition coefficient (Wildman–Crippen LogP) is 4.04. The van der Waals surface area contributed by atoms with E-state index in [1.165, 1.54) is 0 Å².